The van der Waals surface area contributed by atoms with Gasteiger partial charge in [-0.15, -0.1) is 0 Å². The lowest BCUT2D eigenvalue weighted by Crippen LogP contribution is -2.46. The Balaban J connectivity index is 2.47. The maximum Gasteiger partial charge on any atom is 0.225 e. The number of rotatable bonds is 5. The number of amides is 1. The molecule has 2 N–H and O–H groups in total. The molecule has 1 amide bonds. The summed E-state index contributed by atoms with van der Waals surface area (Å²) in [7, 11) is 1.86. The van der Waals surface area contributed by atoms with E-state index < -0.39 is 0 Å². The van der Waals surface area contributed by atoms with Crippen LogP contribution in [0.1, 0.15) is 40.5 Å². The van der Waals surface area contributed by atoms with E-state index >= 15 is 0 Å². The fourth-order valence-corrected chi connectivity index (χ4v) is 2.85. The topological polar surface area (TPSA) is 55.6 Å². The highest BCUT2D eigenvalue weighted by Gasteiger charge is 2.36. The Morgan fingerprint density at radius 3 is 2.53 bits per heavy atom. The monoisotopic (exact) mass is 270 g/mol. The summed E-state index contributed by atoms with van der Waals surface area (Å²) >= 11 is 0. The number of likely N-dealkylation sites (N-methyl/N-ethyl adjacent to an activating group) is 1. The van der Waals surface area contributed by atoms with E-state index in [4.69, 9.17) is 10.5 Å². The van der Waals surface area contributed by atoms with E-state index in [-0.39, 0.29) is 24.0 Å². The van der Waals surface area contributed by atoms with E-state index in [9.17, 15) is 4.79 Å². The van der Waals surface area contributed by atoms with Crippen molar-refractivity contribution in [1.29, 1.82) is 0 Å². The first-order chi connectivity index (χ1) is 8.82. The van der Waals surface area contributed by atoms with Crippen LogP contribution in [0.4, 0.5) is 0 Å². The van der Waals surface area contributed by atoms with Crippen molar-refractivity contribution in [2.75, 3.05) is 20.2 Å². The van der Waals surface area contributed by atoms with Crippen LogP contribution in [-0.2, 0) is 9.53 Å². The van der Waals surface area contributed by atoms with Crippen LogP contribution in [0, 0.1) is 17.8 Å². The summed E-state index contributed by atoms with van der Waals surface area (Å²) in [5.41, 5.74) is 6.11. The van der Waals surface area contributed by atoms with Gasteiger partial charge in [-0.2, -0.15) is 0 Å². The van der Waals surface area contributed by atoms with Gasteiger partial charge in [0.05, 0.1) is 12.7 Å². The van der Waals surface area contributed by atoms with Crippen molar-refractivity contribution in [3.63, 3.8) is 0 Å². The quantitative estimate of drug-likeness (QED) is 0.830. The van der Waals surface area contributed by atoms with Gasteiger partial charge in [0.2, 0.25) is 5.91 Å². The fraction of sp³-hybridized carbons (Fsp3) is 0.933. The van der Waals surface area contributed by atoms with Crippen LogP contribution in [-0.4, -0.2) is 43.2 Å². The zero-order chi connectivity index (χ0) is 14.6. The van der Waals surface area contributed by atoms with Crippen LogP contribution in [0.5, 0.6) is 0 Å². The Bertz CT molecular complexity index is 294. The average Bonchev–Trinajstić information content (AvgIpc) is 2.32. The maximum absolute atomic E-state index is 12.5. The highest BCUT2D eigenvalue weighted by Crippen LogP contribution is 2.33. The standard InChI is InChI=1S/C15H30N2O2/c1-10(2)19-7-6-17(5)15(18)13-9-14(16)12(4)8-11(13)3/h10-14H,6-9,16H2,1-5H3. The van der Waals surface area contributed by atoms with Crippen molar-refractivity contribution in [2.24, 2.45) is 23.5 Å². The number of carbonyl (C=O) groups excluding carboxylic acids is 1. The van der Waals surface area contributed by atoms with Crippen LogP contribution in [0.25, 0.3) is 0 Å². The third kappa shape index (κ3) is 4.77. The Kier molecular flexibility index (Phi) is 6.27. The number of hydrogen-bond donors (Lipinski definition) is 1. The fourth-order valence-electron chi connectivity index (χ4n) is 2.85. The number of hydrogen-bond acceptors (Lipinski definition) is 3. The Labute approximate surface area is 117 Å². The first-order valence-corrected chi connectivity index (χ1v) is 7.45. The lowest BCUT2D eigenvalue weighted by atomic mass is 9.72. The van der Waals surface area contributed by atoms with Crippen molar-refractivity contribution >= 4 is 5.91 Å². The predicted molar refractivity (Wildman–Crippen MR) is 77.8 cm³/mol. The molecule has 4 unspecified atom stereocenters. The molecule has 0 bridgehead atoms. The van der Waals surface area contributed by atoms with E-state index in [1.54, 1.807) is 4.90 Å². The minimum atomic E-state index is 0.0789. The number of nitrogens with two attached hydrogens (primary N) is 1. The predicted octanol–water partition coefficient (Wildman–Crippen LogP) is 1.88. The normalized spacial score (nSPS) is 31.5. The summed E-state index contributed by atoms with van der Waals surface area (Å²) in [4.78, 5) is 14.2. The highest BCUT2D eigenvalue weighted by molar-refractivity contribution is 5.79. The Morgan fingerprint density at radius 2 is 1.95 bits per heavy atom. The molecule has 1 aliphatic carbocycles. The lowest BCUT2D eigenvalue weighted by Gasteiger charge is -2.37. The second kappa shape index (κ2) is 7.25. The largest absolute Gasteiger partial charge is 0.377 e. The van der Waals surface area contributed by atoms with Crippen LogP contribution < -0.4 is 5.73 Å². The average molecular weight is 270 g/mol. The maximum atomic E-state index is 12.5. The number of nitrogens with zero attached hydrogens (tertiary/aromatic N) is 1. The van der Waals surface area contributed by atoms with Crippen LogP contribution in [0.15, 0.2) is 0 Å². The molecule has 0 aromatic carbocycles. The van der Waals surface area contributed by atoms with Crippen molar-refractivity contribution < 1.29 is 9.53 Å². The van der Waals surface area contributed by atoms with Gasteiger partial charge in [-0.3, -0.25) is 4.79 Å². The van der Waals surface area contributed by atoms with Gasteiger partial charge in [-0.1, -0.05) is 13.8 Å². The highest BCUT2D eigenvalue weighted by atomic mass is 16.5. The SMILES string of the molecule is CC(C)OCCN(C)C(=O)C1CC(N)C(C)CC1C. The molecular weight excluding hydrogens is 240 g/mol. The molecule has 0 aliphatic heterocycles. The first kappa shape index (κ1) is 16.4. The second-order valence-electron chi connectivity index (χ2n) is 6.38. The number of carbonyl (C=O) groups is 1. The molecule has 1 fully saturated rings. The van der Waals surface area contributed by atoms with E-state index in [0.29, 0.717) is 25.0 Å². The van der Waals surface area contributed by atoms with Crippen molar-refractivity contribution in [1.82, 2.24) is 4.90 Å². The zero-order valence-electron chi connectivity index (χ0n) is 13.1. The first-order valence-electron chi connectivity index (χ1n) is 7.45. The molecule has 4 nitrogen and oxygen atoms in total. The molecule has 1 saturated carbocycles. The van der Waals surface area contributed by atoms with Crippen molar-refractivity contribution in [3.05, 3.63) is 0 Å². The molecule has 0 aromatic heterocycles. The van der Waals surface area contributed by atoms with Gasteiger partial charge in [0, 0.05) is 25.6 Å². The summed E-state index contributed by atoms with van der Waals surface area (Å²) in [5, 5.41) is 0. The van der Waals surface area contributed by atoms with E-state index in [2.05, 4.69) is 13.8 Å². The molecule has 19 heavy (non-hydrogen) atoms. The van der Waals surface area contributed by atoms with Gasteiger partial charge >= 0.3 is 0 Å². The summed E-state index contributed by atoms with van der Waals surface area (Å²) < 4.78 is 5.50. The van der Waals surface area contributed by atoms with E-state index in [1.165, 1.54) is 0 Å². The molecule has 1 aliphatic rings. The van der Waals surface area contributed by atoms with Gasteiger partial charge in [0.1, 0.15) is 0 Å². The molecule has 4 heteroatoms. The molecular formula is C15H30N2O2. The third-order valence-electron chi connectivity index (χ3n) is 4.26. The smallest absolute Gasteiger partial charge is 0.225 e. The zero-order valence-corrected chi connectivity index (χ0v) is 13.1. The van der Waals surface area contributed by atoms with Gasteiger partial charge in [0.15, 0.2) is 0 Å². The molecule has 0 saturated heterocycles. The molecule has 1 rings (SSSR count). The molecule has 112 valence electrons. The summed E-state index contributed by atoms with van der Waals surface area (Å²) in [6, 6.07) is 0.158. The summed E-state index contributed by atoms with van der Waals surface area (Å²) in [5.74, 6) is 1.25. The minimum absolute atomic E-state index is 0.0789. The van der Waals surface area contributed by atoms with Gasteiger partial charge in [0.25, 0.3) is 0 Å². The lowest BCUT2D eigenvalue weighted by molar-refractivity contribution is -0.138. The van der Waals surface area contributed by atoms with Crippen LogP contribution >= 0.6 is 0 Å². The van der Waals surface area contributed by atoms with Crippen molar-refractivity contribution in [3.8, 4) is 0 Å². The van der Waals surface area contributed by atoms with E-state index in [1.807, 2.05) is 20.9 Å². The third-order valence-corrected chi connectivity index (χ3v) is 4.26. The molecule has 4 atom stereocenters. The van der Waals surface area contributed by atoms with E-state index in [0.717, 1.165) is 12.8 Å². The van der Waals surface area contributed by atoms with Crippen molar-refractivity contribution in [2.45, 2.75) is 52.7 Å². The Morgan fingerprint density at radius 1 is 1.32 bits per heavy atom. The second-order valence-corrected chi connectivity index (χ2v) is 6.38. The molecule has 0 aromatic rings. The van der Waals surface area contributed by atoms with Gasteiger partial charge in [-0.25, -0.2) is 0 Å². The molecule has 0 heterocycles. The number of ether oxygens (including phenoxy) is 1. The molecule has 0 spiro atoms. The molecule has 0 radical (unpaired) electrons. The Hall–Kier alpha value is -0.610. The van der Waals surface area contributed by atoms with Gasteiger partial charge in [-0.05, 0) is 38.5 Å². The van der Waals surface area contributed by atoms with Crippen LogP contribution in [0.3, 0.4) is 0 Å². The summed E-state index contributed by atoms with van der Waals surface area (Å²) in [6.45, 7) is 9.62. The summed E-state index contributed by atoms with van der Waals surface area (Å²) in [6.07, 6.45) is 2.08. The van der Waals surface area contributed by atoms with Crippen LogP contribution in [0.2, 0.25) is 0 Å². The minimum Gasteiger partial charge on any atom is -0.377 e. The van der Waals surface area contributed by atoms with Gasteiger partial charge < -0.3 is 15.4 Å².